The zero-order valence-electron chi connectivity index (χ0n) is 17.8. The fourth-order valence-electron chi connectivity index (χ4n) is 3.13. The molecule has 0 heterocycles. The van der Waals surface area contributed by atoms with E-state index in [4.69, 9.17) is 14.9 Å². The fraction of sp³-hybridized carbons (Fsp3) is 0.200. The van der Waals surface area contributed by atoms with Crippen LogP contribution >= 0.6 is 0 Å². The second-order valence-corrected chi connectivity index (χ2v) is 7.20. The van der Waals surface area contributed by atoms with Crippen molar-refractivity contribution >= 4 is 17.6 Å². The van der Waals surface area contributed by atoms with E-state index in [1.807, 2.05) is 18.2 Å². The van der Waals surface area contributed by atoms with Gasteiger partial charge in [-0.1, -0.05) is 36.4 Å². The Bertz CT molecular complexity index is 1070. The molecule has 8 nitrogen and oxygen atoms in total. The maximum atomic E-state index is 12.5. The SMILES string of the molecule is O=C(Nc1cccc(C(=O)OC(O)O)c1O)c1ccc(OCCCCc2ccccc2)cc1. The molecule has 3 rings (SSSR count). The lowest BCUT2D eigenvalue weighted by molar-refractivity contribution is -0.200. The predicted octanol–water partition coefficient (Wildman–Crippen LogP) is 3.47. The van der Waals surface area contributed by atoms with Gasteiger partial charge >= 0.3 is 12.4 Å². The van der Waals surface area contributed by atoms with Crippen molar-refractivity contribution in [3.05, 3.63) is 89.5 Å². The van der Waals surface area contributed by atoms with Crippen LogP contribution in [0.3, 0.4) is 0 Å². The second kappa shape index (κ2) is 11.7. The molecule has 0 spiro atoms. The zero-order chi connectivity index (χ0) is 23.6. The molecular formula is C25H25NO7. The summed E-state index contributed by atoms with van der Waals surface area (Å²) in [7, 11) is 0. The fourth-order valence-corrected chi connectivity index (χ4v) is 3.13. The number of hydrogen-bond donors (Lipinski definition) is 4. The van der Waals surface area contributed by atoms with Crippen molar-refractivity contribution in [2.45, 2.75) is 25.7 Å². The maximum Gasteiger partial charge on any atom is 0.346 e. The normalized spacial score (nSPS) is 10.6. The summed E-state index contributed by atoms with van der Waals surface area (Å²) in [6, 6.07) is 20.8. The van der Waals surface area contributed by atoms with E-state index < -0.39 is 24.1 Å². The third kappa shape index (κ3) is 7.06. The molecule has 172 valence electrons. The Balaban J connectivity index is 1.50. The van der Waals surface area contributed by atoms with Crippen molar-refractivity contribution in [3.63, 3.8) is 0 Å². The minimum absolute atomic E-state index is 0.0272. The van der Waals surface area contributed by atoms with Crippen LogP contribution in [0.5, 0.6) is 11.5 Å². The number of aliphatic hydroxyl groups excluding tert-OH is 1. The van der Waals surface area contributed by atoms with Gasteiger partial charge in [-0.25, -0.2) is 4.79 Å². The number of phenolic OH excluding ortho intramolecular Hbond substituents is 1. The lowest BCUT2D eigenvalue weighted by Crippen LogP contribution is -2.17. The standard InChI is InChI=1S/C25H25NO7/c27-22-20(24(29)33-25(30)31)10-6-11-21(22)26-23(28)18-12-14-19(15-13-18)32-16-5-4-9-17-7-2-1-3-8-17/h1-3,6-8,10-15,25,27,30-31H,4-5,9,16H2,(H,26,28). The minimum Gasteiger partial charge on any atom is -0.505 e. The topological polar surface area (TPSA) is 125 Å². The van der Waals surface area contributed by atoms with E-state index in [2.05, 4.69) is 22.2 Å². The lowest BCUT2D eigenvalue weighted by Gasteiger charge is -2.12. The van der Waals surface area contributed by atoms with Crippen LogP contribution in [0.15, 0.2) is 72.8 Å². The number of esters is 1. The summed E-state index contributed by atoms with van der Waals surface area (Å²) in [5.41, 5.74) is 1.27. The van der Waals surface area contributed by atoms with Gasteiger partial charge in [0.1, 0.15) is 11.3 Å². The van der Waals surface area contributed by atoms with E-state index in [9.17, 15) is 14.7 Å². The second-order valence-electron chi connectivity index (χ2n) is 7.20. The van der Waals surface area contributed by atoms with Gasteiger partial charge in [-0.3, -0.25) is 4.79 Å². The molecule has 0 unspecified atom stereocenters. The summed E-state index contributed by atoms with van der Waals surface area (Å²) in [4.78, 5) is 24.3. The quantitative estimate of drug-likeness (QED) is 0.161. The number of rotatable bonds is 10. The van der Waals surface area contributed by atoms with Gasteiger partial charge in [0, 0.05) is 5.56 Å². The number of anilines is 1. The first kappa shape index (κ1) is 23.8. The summed E-state index contributed by atoms with van der Waals surface area (Å²) in [6.45, 7) is -1.75. The molecule has 3 aromatic rings. The first-order valence-electron chi connectivity index (χ1n) is 10.4. The highest BCUT2D eigenvalue weighted by Crippen LogP contribution is 2.29. The molecule has 0 aliphatic carbocycles. The average Bonchev–Trinajstić information content (AvgIpc) is 2.80. The van der Waals surface area contributed by atoms with Crippen molar-refractivity contribution in [3.8, 4) is 11.5 Å². The molecule has 33 heavy (non-hydrogen) atoms. The Morgan fingerprint density at radius 1 is 0.879 bits per heavy atom. The number of carbonyl (C=O) groups is 2. The molecule has 0 radical (unpaired) electrons. The zero-order valence-corrected chi connectivity index (χ0v) is 17.8. The van der Waals surface area contributed by atoms with Crippen LogP contribution < -0.4 is 10.1 Å². The van der Waals surface area contributed by atoms with Crippen LogP contribution in [0.1, 0.15) is 39.1 Å². The van der Waals surface area contributed by atoms with Gasteiger partial charge in [-0.2, -0.15) is 0 Å². The third-order valence-corrected chi connectivity index (χ3v) is 4.80. The summed E-state index contributed by atoms with van der Waals surface area (Å²) in [5, 5.41) is 30.2. The number of nitrogens with one attached hydrogen (secondary N) is 1. The Morgan fingerprint density at radius 3 is 2.30 bits per heavy atom. The van der Waals surface area contributed by atoms with Gasteiger partial charge in [0.15, 0.2) is 5.75 Å². The van der Waals surface area contributed by atoms with E-state index in [1.165, 1.54) is 23.8 Å². The summed E-state index contributed by atoms with van der Waals surface area (Å²) in [5.74, 6) is -1.57. The third-order valence-electron chi connectivity index (χ3n) is 4.80. The van der Waals surface area contributed by atoms with Gasteiger partial charge in [0.25, 0.3) is 5.91 Å². The Labute approximate surface area is 191 Å². The molecule has 0 aromatic heterocycles. The predicted molar refractivity (Wildman–Crippen MR) is 121 cm³/mol. The smallest absolute Gasteiger partial charge is 0.346 e. The highest BCUT2D eigenvalue weighted by Gasteiger charge is 2.19. The number of aromatic hydroxyl groups is 1. The van der Waals surface area contributed by atoms with E-state index in [0.29, 0.717) is 17.9 Å². The molecule has 0 atom stereocenters. The van der Waals surface area contributed by atoms with Crippen LogP contribution in [-0.4, -0.2) is 40.3 Å². The van der Waals surface area contributed by atoms with Crippen molar-refractivity contribution in [1.29, 1.82) is 0 Å². The van der Waals surface area contributed by atoms with Crippen LogP contribution in [0.2, 0.25) is 0 Å². The number of para-hydroxylation sites is 1. The number of phenols is 1. The molecule has 0 saturated heterocycles. The van der Waals surface area contributed by atoms with Crippen LogP contribution in [0, 0.1) is 0 Å². The number of amides is 1. The van der Waals surface area contributed by atoms with Gasteiger partial charge in [0.05, 0.1) is 12.3 Å². The number of aliphatic hydroxyl groups is 2. The molecule has 1 amide bonds. The molecule has 0 aliphatic heterocycles. The van der Waals surface area contributed by atoms with Gasteiger partial charge in [-0.15, -0.1) is 0 Å². The largest absolute Gasteiger partial charge is 0.505 e. The van der Waals surface area contributed by atoms with Crippen molar-refractivity contribution in [1.82, 2.24) is 0 Å². The summed E-state index contributed by atoms with van der Waals surface area (Å²) in [6.07, 6.45) is 2.91. The first-order chi connectivity index (χ1) is 15.9. The summed E-state index contributed by atoms with van der Waals surface area (Å²) < 4.78 is 9.96. The minimum atomic E-state index is -2.32. The maximum absolute atomic E-state index is 12.5. The number of ether oxygens (including phenoxy) is 2. The Hall–Kier alpha value is -3.88. The molecule has 0 bridgehead atoms. The Kier molecular flexibility index (Phi) is 8.40. The number of carbonyl (C=O) groups excluding carboxylic acids is 2. The van der Waals surface area contributed by atoms with Gasteiger partial charge in [0.2, 0.25) is 0 Å². The highest BCUT2D eigenvalue weighted by molar-refractivity contribution is 6.06. The van der Waals surface area contributed by atoms with Crippen LogP contribution in [0.25, 0.3) is 0 Å². The van der Waals surface area contributed by atoms with E-state index in [0.717, 1.165) is 19.3 Å². The summed E-state index contributed by atoms with van der Waals surface area (Å²) >= 11 is 0. The van der Waals surface area contributed by atoms with Gasteiger partial charge < -0.3 is 30.1 Å². The first-order valence-corrected chi connectivity index (χ1v) is 10.4. The number of hydrogen-bond acceptors (Lipinski definition) is 7. The van der Waals surface area contributed by atoms with Crippen LogP contribution in [0.4, 0.5) is 5.69 Å². The van der Waals surface area contributed by atoms with Crippen LogP contribution in [-0.2, 0) is 11.2 Å². The molecular weight excluding hydrogens is 426 g/mol. The van der Waals surface area contributed by atoms with Crippen molar-refractivity contribution < 1.29 is 34.4 Å². The van der Waals surface area contributed by atoms with E-state index in [1.54, 1.807) is 24.3 Å². The van der Waals surface area contributed by atoms with E-state index in [-0.39, 0.29) is 11.3 Å². The van der Waals surface area contributed by atoms with Gasteiger partial charge in [-0.05, 0) is 61.2 Å². The number of benzene rings is 3. The monoisotopic (exact) mass is 451 g/mol. The number of unbranched alkanes of at least 4 members (excludes halogenated alkanes) is 1. The molecule has 0 saturated carbocycles. The molecule has 3 aromatic carbocycles. The van der Waals surface area contributed by atoms with Crippen molar-refractivity contribution in [2.75, 3.05) is 11.9 Å². The molecule has 4 N–H and O–H groups in total. The lowest BCUT2D eigenvalue weighted by atomic mass is 10.1. The molecule has 0 aliphatic rings. The van der Waals surface area contributed by atoms with Crippen molar-refractivity contribution in [2.24, 2.45) is 0 Å². The highest BCUT2D eigenvalue weighted by atomic mass is 16.7. The average molecular weight is 451 g/mol. The molecule has 0 fully saturated rings. The van der Waals surface area contributed by atoms with E-state index >= 15 is 0 Å². The Morgan fingerprint density at radius 2 is 1.61 bits per heavy atom. The number of aryl methyl sites for hydroxylation is 1. The molecule has 8 heteroatoms.